The van der Waals surface area contributed by atoms with Crippen LogP contribution in [0.25, 0.3) is 0 Å². The molecule has 5 rings (SSSR count). The van der Waals surface area contributed by atoms with Crippen molar-refractivity contribution < 1.29 is 33.3 Å². The molecule has 4 aromatic rings. The minimum Gasteiger partial charge on any atom is -0.459 e. The van der Waals surface area contributed by atoms with Crippen LogP contribution in [0.3, 0.4) is 0 Å². The molecule has 1 aromatic heterocycles. The third-order valence-electron chi connectivity index (χ3n) is 6.21. The van der Waals surface area contributed by atoms with Crippen molar-refractivity contribution in [2.45, 2.75) is 37.9 Å². The molecule has 204 valence electrons. The number of carbonyl (C=O) groups is 3. The fraction of sp³-hybridized carbons (Fsp3) is 0.241. The molecular weight excluding hydrogens is 516 g/mol. The van der Waals surface area contributed by atoms with Crippen molar-refractivity contribution in [2.75, 3.05) is 6.61 Å². The van der Waals surface area contributed by atoms with E-state index in [0.717, 1.165) is 0 Å². The first-order chi connectivity index (χ1) is 19.5. The molecule has 0 unspecified atom stereocenters. The summed E-state index contributed by atoms with van der Waals surface area (Å²) in [5.74, 6) is -1.79. The van der Waals surface area contributed by atoms with Gasteiger partial charge in [0.2, 0.25) is 5.82 Å². The van der Waals surface area contributed by atoms with E-state index in [0.29, 0.717) is 17.7 Å². The van der Waals surface area contributed by atoms with Gasteiger partial charge in [0.1, 0.15) is 12.7 Å². The zero-order valence-corrected chi connectivity index (χ0v) is 21.5. The second-order valence-electron chi connectivity index (χ2n) is 8.87. The monoisotopic (exact) mass is 542 g/mol. The molecule has 11 nitrogen and oxygen atoms in total. The fourth-order valence-corrected chi connectivity index (χ4v) is 4.19. The maximum absolute atomic E-state index is 13.1. The Hall–Kier alpha value is -4.90. The lowest BCUT2D eigenvalue weighted by molar-refractivity contribution is -0.0454. The molecule has 40 heavy (non-hydrogen) atoms. The highest BCUT2D eigenvalue weighted by Crippen LogP contribution is 2.37. The molecule has 4 atom stereocenters. The molecule has 0 saturated carbocycles. The molecule has 1 aliphatic rings. The standard InChI is InChI=1S/C29H26N4O7/c1-2-33-31-26(30-32-33)25-24(40-29(36)21-16-10-5-11-17-21)23(39-28(35)20-14-8-4-9-15-20)22(38-25)18-37-27(34)19-12-6-3-7-13-19/h3-17,22-25H,2,18H2,1H3/t22-,23-,24-,25-/m1/s1. The third-order valence-corrected chi connectivity index (χ3v) is 6.21. The van der Waals surface area contributed by atoms with Gasteiger partial charge in [0.25, 0.3) is 0 Å². The second kappa shape index (κ2) is 12.3. The minimum atomic E-state index is -1.17. The van der Waals surface area contributed by atoms with E-state index in [2.05, 4.69) is 15.4 Å². The molecule has 0 bridgehead atoms. The van der Waals surface area contributed by atoms with Crippen LogP contribution in [0.1, 0.15) is 49.9 Å². The van der Waals surface area contributed by atoms with Crippen molar-refractivity contribution in [2.24, 2.45) is 0 Å². The summed E-state index contributed by atoms with van der Waals surface area (Å²) in [6, 6.07) is 25.2. The van der Waals surface area contributed by atoms with E-state index in [4.69, 9.17) is 18.9 Å². The maximum atomic E-state index is 13.1. The number of esters is 3. The number of carbonyl (C=O) groups excluding carboxylic acids is 3. The number of benzene rings is 3. The van der Waals surface area contributed by atoms with Crippen molar-refractivity contribution >= 4 is 17.9 Å². The van der Waals surface area contributed by atoms with Gasteiger partial charge in [0, 0.05) is 0 Å². The van der Waals surface area contributed by atoms with Gasteiger partial charge in [-0.25, -0.2) is 14.4 Å². The van der Waals surface area contributed by atoms with Crippen LogP contribution in [-0.4, -0.2) is 63.0 Å². The second-order valence-corrected chi connectivity index (χ2v) is 8.87. The largest absolute Gasteiger partial charge is 0.459 e. The number of aromatic nitrogens is 4. The third kappa shape index (κ3) is 6.05. The van der Waals surface area contributed by atoms with Gasteiger partial charge in [0.15, 0.2) is 18.3 Å². The summed E-state index contributed by atoms with van der Waals surface area (Å²) in [4.78, 5) is 40.3. The Morgan fingerprint density at radius 2 is 1.25 bits per heavy atom. The van der Waals surface area contributed by atoms with Crippen LogP contribution in [0, 0.1) is 0 Å². The summed E-state index contributed by atoms with van der Waals surface area (Å²) >= 11 is 0. The van der Waals surface area contributed by atoms with Crippen LogP contribution in [0.2, 0.25) is 0 Å². The Bertz CT molecular complexity index is 1450. The number of rotatable bonds is 9. The molecule has 0 radical (unpaired) electrons. The van der Waals surface area contributed by atoms with Gasteiger partial charge in [-0.3, -0.25) is 0 Å². The van der Waals surface area contributed by atoms with Crippen LogP contribution >= 0.6 is 0 Å². The Balaban J connectivity index is 1.46. The van der Waals surface area contributed by atoms with Crippen LogP contribution in [0.5, 0.6) is 0 Å². The van der Waals surface area contributed by atoms with Gasteiger partial charge in [-0.15, -0.1) is 10.2 Å². The lowest BCUT2D eigenvalue weighted by atomic mass is 10.1. The molecule has 1 saturated heterocycles. The van der Waals surface area contributed by atoms with E-state index in [-0.39, 0.29) is 18.0 Å². The molecule has 3 aromatic carbocycles. The molecule has 1 fully saturated rings. The SMILES string of the molecule is CCn1nnc([C@@H]2O[C@H](COC(=O)c3ccccc3)[C@@H](OC(=O)c3ccccc3)[C@H]2OC(=O)c2ccccc2)n1. The van der Waals surface area contributed by atoms with Gasteiger partial charge in [-0.1, -0.05) is 54.6 Å². The first kappa shape index (κ1) is 26.7. The van der Waals surface area contributed by atoms with Gasteiger partial charge in [-0.2, -0.15) is 4.80 Å². The molecule has 0 N–H and O–H groups in total. The van der Waals surface area contributed by atoms with E-state index >= 15 is 0 Å². The number of hydrogen-bond acceptors (Lipinski definition) is 10. The quantitative estimate of drug-likeness (QED) is 0.229. The molecule has 2 heterocycles. The maximum Gasteiger partial charge on any atom is 0.338 e. The van der Waals surface area contributed by atoms with Gasteiger partial charge in [0.05, 0.1) is 23.2 Å². The Morgan fingerprint density at radius 1 is 0.750 bits per heavy atom. The van der Waals surface area contributed by atoms with E-state index in [1.165, 1.54) is 4.80 Å². The fourth-order valence-electron chi connectivity index (χ4n) is 4.19. The Kier molecular flexibility index (Phi) is 8.21. The highest BCUT2D eigenvalue weighted by atomic mass is 16.6. The highest BCUT2D eigenvalue weighted by Gasteiger charge is 2.52. The topological polar surface area (TPSA) is 132 Å². The average Bonchev–Trinajstić information content (AvgIpc) is 3.62. The van der Waals surface area contributed by atoms with E-state index < -0.39 is 42.3 Å². The van der Waals surface area contributed by atoms with Crippen LogP contribution < -0.4 is 0 Å². The van der Waals surface area contributed by atoms with Crippen molar-refractivity contribution in [1.82, 2.24) is 20.2 Å². The lowest BCUT2D eigenvalue weighted by Gasteiger charge is -2.24. The number of hydrogen-bond donors (Lipinski definition) is 0. The average molecular weight is 543 g/mol. The number of nitrogens with zero attached hydrogens (tertiary/aromatic N) is 4. The van der Waals surface area contributed by atoms with Crippen LogP contribution in [0.15, 0.2) is 91.0 Å². The van der Waals surface area contributed by atoms with E-state index in [1.807, 2.05) is 6.92 Å². The summed E-state index contributed by atoms with van der Waals surface area (Å²) in [5, 5.41) is 12.4. The minimum absolute atomic E-state index is 0.130. The van der Waals surface area contributed by atoms with Crippen LogP contribution in [-0.2, 0) is 25.5 Å². The number of ether oxygens (including phenoxy) is 4. The summed E-state index contributed by atoms with van der Waals surface area (Å²) in [6.45, 7) is 1.99. The molecule has 11 heteroatoms. The normalized spacial score (nSPS) is 20.0. The van der Waals surface area contributed by atoms with Crippen LogP contribution in [0.4, 0.5) is 0 Å². The molecule has 0 amide bonds. The summed E-state index contributed by atoms with van der Waals surface area (Å²) in [7, 11) is 0. The van der Waals surface area contributed by atoms with Gasteiger partial charge < -0.3 is 18.9 Å². The molecule has 0 spiro atoms. The molecular formula is C29H26N4O7. The Morgan fingerprint density at radius 3 is 1.75 bits per heavy atom. The smallest absolute Gasteiger partial charge is 0.338 e. The summed E-state index contributed by atoms with van der Waals surface area (Å²) < 4.78 is 23.4. The Labute approximate surface area is 229 Å². The van der Waals surface area contributed by atoms with Crippen molar-refractivity contribution in [1.29, 1.82) is 0 Å². The lowest BCUT2D eigenvalue weighted by Crippen LogP contribution is -2.41. The zero-order chi connectivity index (χ0) is 27.9. The summed E-state index contributed by atoms with van der Waals surface area (Å²) in [5.41, 5.74) is 0.919. The zero-order valence-electron chi connectivity index (χ0n) is 21.5. The predicted octanol–water partition coefficient (Wildman–Crippen LogP) is 3.44. The summed E-state index contributed by atoms with van der Waals surface area (Å²) in [6.07, 6.45) is -4.40. The predicted molar refractivity (Wildman–Crippen MR) is 139 cm³/mol. The number of aryl methyl sites for hydroxylation is 1. The molecule has 1 aliphatic heterocycles. The van der Waals surface area contributed by atoms with Gasteiger partial charge in [-0.05, 0) is 48.5 Å². The van der Waals surface area contributed by atoms with Crippen molar-refractivity contribution in [3.63, 3.8) is 0 Å². The molecule has 0 aliphatic carbocycles. The first-order valence-corrected chi connectivity index (χ1v) is 12.7. The highest BCUT2D eigenvalue weighted by molar-refractivity contribution is 5.91. The number of tetrazole rings is 1. The van der Waals surface area contributed by atoms with Crippen molar-refractivity contribution in [3.05, 3.63) is 114 Å². The van der Waals surface area contributed by atoms with E-state index in [1.54, 1.807) is 91.0 Å². The first-order valence-electron chi connectivity index (χ1n) is 12.7. The van der Waals surface area contributed by atoms with E-state index in [9.17, 15) is 14.4 Å². The van der Waals surface area contributed by atoms with Crippen molar-refractivity contribution in [3.8, 4) is 0 Å². The van der Waals surface area contributed by atoms with Gasteiger partial charge >= 0.3 is 17.9 Å².